The van der Waals surface area contributed by atoms with E-state index in [4.69, 9.17) is 14.6 Å². The van der Waals surface area contributed by atoms with Crippen LogP contribution in [-0.4, -0.2) is 54.8 Å². The number of nitrogens with zero attached hydrogens (tertiary/aromatic N) is 1. The molecule has 1 N–H and O–H groups in total. The molecule has 1 aliphatic heterocycles. The molecule has 0 spiro atoms. The zero-order chi connectivity index (χ0) is 15.4. The number of amides is 1. The van der Waals surface area contributed by atoms with E-state index in [0.717, 1.165) is 0 Å². The summed E-state index contributed by atoms with van der Waals surface area (Å²) >= 11 is 0. The van der Waals surface area contributed by atoms with Crippen molar-refractivity contribution in [3.8, 4) is 5.75 Å². The fourth-order valence-electron chi connectivity index (χ4n) is 2.20. The molecule has 1 unspecified atom stereocenters. The van der Waals surface area contributed by atoms with E-state index in [0.29, 0.717) is 12.2 Å². The first-order chi connectivity index (χ1) is 10.0. The summed E-state index contributed by atoms with van der Waals surface area (Å²) < 4.78 is 23.5. The van der Waals surface area contributed by atoms with Crippen LogP contribution in [0.1, 0.15) is 5.56 Å². The van der Waals surface area contributed by atoms with Crippen LogP contribution in [0.25, 0.3) is 0 Å². The van der Waals surface area contributed by atoms with Gasteiger partial charge in [-0.25, -0.2) is 9.18 Å². The van der Waals surface area contributed by atoms with Gasteiger partial charge in [0.1, 0.15) is 0 Å². The lowest BCUT2D eigenvalue weighted by Crippen LogP contribution is -2.53. The molecular weight excluding hydrogens is 281 g/mol. The van der Waals surface area contributed by atoms with E-state index in [9.17, 15) is 14.0 Å². The normalized spacial score (nSPS) is 18.4. The molecule has 1 fully saturated rings. The maximum atomic E-state index is 13.6. The molecule has 0 aromatic heterocycles. The number of ether oxygens (including phenoxy) is 2. The van der Waals surface area contributed by atoms with Gasteiger partial charge in [0.25, 0.3) is 0 Å². The van der Waals surface area contributed by atoms with Gasteiger partial charge in [0.2, 0.25) is 5.91 Å². The number of carboxylic acids is 1. The first-order valence-corrected chi connectivity index (χ1v) is 6.45. The monoisotopic (exact) mass is 297 g/mol. The minimum absolute atomic E-state index is 0.0297. The van der Waals surface area contributed by atoms with Crippen LogP contribution in [0.15, 0.2) is 18.2 Å². The average Bonchev–Trinajstić information content (AvgIpc) is 2.47. The molecule has 2 rings (SSSR count). The highest BCUT2D eigenvalue weighted by atomic mass is 19.1. The van der Waals surface area contributed by atoms with E-state index >= 15 is 0 Å². The largest absolute Gasteiger partial charge is 0.494 e. The topological polar surface area (TPSA) is 76.1 Å². The zero-order valence-corrected chi connectivity index (χ0v) is 11.5. The molecule has 1 aromatic rings. The second-order valence-electron chi connectivity index (χ2n) is 4.66. The second-order valence-corrected chi connectivity index (χ2v) is 4.66. The van der Waals surface area contributed by atoms with Gasteiger partial charge in [-0.1, -0.05) is 6.07 Å². The fourth-order valence-corrected chi connectivity index (χ4v) is 2.20. The fraction of sp³-hybridized carbons (Fsp3) is 0.429. The molecule has 114 valence electrons. The minimum Gasteiger partial charge on any atom is -0.494 e. The van der Waals surface area contributed by atoms with Crippen LogP contribution in [0, 0.1) is 5.82 Å². The molecule has 0 radical (unpaired) electrons. The number of aliphatic carboxylic acids is 1. The summed E-state index contributed by atoms with van der Waals surface area (Å²) in [4.78, 5) is 24.6. The molecule has 1 amide bonds. The van der Waals surface area contributed by atoms with Gasteiger partial charge < -0.3 is 19.5 Å². The average molecular weight is 297 g/mol. The predicted octanol–water partition coefficient (Wildman–Crippen LogP) is 0.689. The van der Waals surface area contributed by atoms with E-state index in [1.807, 2.05) is 0 Å². The van der Waals surface area contributed by atoms with Crippen molar-refractivity contribution >= 4 is 11.9 Å². The molecule has 1 saturated heterocycles. The van der Waals surface area contributed by atoms with Crippen molar-refractivity contribution in [3.63, 3.8) is 0 Å². The molecule has 0 bridgehead atoms. The van der Waals surface area contributed by atoms with Gasteiger partial charge in [0, 0.05) is 6.54 Å². The Morgan fingerprint density at radius 1 is 1.52 bits per heavy atom. The Labute approximate surface area is 121 Å². The van der Waals surface area contributed by atoms with Crippen LogP contribution < -0.4 is 4.74 Å². The summed E-state index contributed by atoms with van der Waals surface area (Å²) in [6.07, 6.45) is -0.0648. The third kappa shape index (κ3) is 3.49. The number of carbonyl (C=O) groups excluding carboxylic acids is 1. The van der Waals surface area contributed by atoms with Crippen LogP contribution in [0.3, 0.4) is 0 Å². The highest BCUT2D eigenvalue weighted by molar-refractivity contribution is 5.85. The smallest absolute Gasteiger partial charge is 0.328 e. The highest BCUT2D eigenvalue weighted by Crippen LogP contribution is 2.19. The Kier molecular flexibility index (Phi) is 4.74. The van der Waals surface area contributed by atoms with Gasteiger partial charge in [-0.15, -0.1) is 0 Å². The maximum Gasteiger partial charge on any atom is 0.328 e. The van der Waals surface area contributed by atoms with E-state index in [2.05, 4.69) is 0 Å². The summed E-state index contributed by atoms with van der Waals surface area (Å²) in [5.41, 5.74) is 0.467. The summed E-state index contributed by atoms with van der Waals surface area (Å²) in [6.45, 7) is 0.485. The third-order valence-electron chi connectivity index (χ3n) is 3.31. The number of rotatable bonds is 4. The van der Waals surface area contributed by atoms with E-state index < -0.39 is 17.8 Å². The number of methoxy groups -OCH3 is 1. The number of benzene rings is 1. The first kappa shape index (κ1) is 15.2. The van der Waals surface area contributed by atoms with Crippen molar-refractivity contribution < 1.29 is 28.6 Å². The molecular formula is C14H16FNO5. The highest BCUT2D eigenvalue weighted by Gasteiger charge is 2.32. The second kappa shape index (κ2) is 6.53. The Balaban J connectivity index is 2.09. The van der Waals surface area contributed by atoms with Crippen molar-refractivity contribution in [2.24, 2.45) is 0 Å². The lowest BCUT2D eigenvalue weighted by atomic mass is 10.1. The molecule has 7 heteroatoms. The molecule has 1 atom stereocenters. The van der Waals surface area contributed by atoms with Crippen LogP contribution in [0.4, 0.5) is 4.39 Å². The Hall–Kier alpha value is -2.15. The number of hydrogen-bond acceptors (Lipinski definition) is 4. The Bertz CT molecular complexity index is 548. The lowest BCUT2D eigenvalue weighted by Gasteiger charge is -2.32. The van der Waals surface area contributed by atoms with Crippen molar-refractivity contribution in [2.75, 3.05) is 26.9 Å². The van der Waals surface area contributed by atoms with Gasteiger partial charge in [-0.05, 0) is 17.7 Å². The molecule has 21 heavy (non-hydrogen) atoms. The molecule has 1 aromatic carbocycles. The molecule has 6 nitrogen and oxygen atoms in total. The van der Waals surface area contributed by atoms with E-state index in [1.165, 1.54) is 24.1 Å². The van der Waals surface area contributed by atoms with Gasteiger partial charge in [-0.3, -0.25) is 4.79 Å². The lowest BCUT2D eigenvalue weighted by molar-refractivity contribution is -0.158. The molecule has 1 aliphatic rings. The van der Waals surface area contributed by atoms with E-state index in [1.54, 1.807) is 6.07 Å². The van der Waals surface area contributed by atoms with Crippen LogP contribution in [0.2, 0.25) is 0 Å². The molecule has 0 saturated carbocycles. The van der Waals surface area contributed by atoms with Gasteiger partial charge in [-0.2, -0.15) is 0 Å². The van der Waals surface area contributed by atoms with Crippen LogP contribution in [-0.2, 0) is 20.7 Å². The van der Waals surface area contributed by atoms with Crippen molar-refractivity contribution in [1.82, 2.24) is 4.90 Å². The zero-order valence-electron chi connectivity index (χ0n) is 11.5. The van der Waals surface area contributed by atoms with Crippen molar-refractivity contribution in [1.29, 1.82) is 0 Å². The van der Waals surface area contributed by atoms with Gasteiger partial charge in [0.05, 0.1) is 26.7 Å². The summed E-state index contributed by atoms with van der Waals surface area (Å²) in [7, 11) is 1.36. The quantitative estimate of drug-likeness (QED) is 0.885. The molecule has 1 heterocycles. The number of carboxylic acid groups (broad SMARTS) is 1. The SMILES string of the molecule is COc1ccc(CC(=O)N2CCOCC2C(=O)O)cc1F. The first-order valence-electron chi connectivity index (χ1n) is 6.45. The maximum absolute atomic E-state index is 13.6. The van der Waals surface area contributed by atoms with Crippen molar-refractivity contribution in [2.45, 2.75) is 12.5 Å². The standard InChI is InChI=1S/C14H16FNO5/c1-20-12-3-2-9(6-10(12)15)7-13(17)16-4-5-21-8-11(16)14(18)19/h2-3,6,11H,4-5,7-8H2,1H3,(H,18,19). The third-order valence-corrected chi connectivity index (χ3v) is 3.31. The molecule has 0 aliphatic carbocycles. The minimum atomic E-state index is -1.11. The number of carbonyl (C=O) groups is 2. The van der Waals surface area contributed by atoms with E-state index in [-0.39, 0.29) is 31.2 Å². The van der Waals surface area contributed by atoms with Crippen LogP contribution >= 0.6 is 0 Å². The number of morpholine rings is 1. The van der Waals surface area contributed by atoms with Gasteiger partial charge >= 0.3 is 5.97 Å². The summed E-state index contributed by atoms with van der Waals surface area (Å²) in [5.74, 6) is -1.93. The van der Waals surface area contributed by atoms with Crippen molar-refractivity contribution in [3.05, 3.63) is 29.6 Å². The Morgan fingerprint density at radius 2 is 2.29 bits per heavy atom. The Morgan fingerprint density at radius 3 is 2.90 bits per heavy atom. The number of hydrogen-bond donors (Lipinski definition) is 1. The summed E-state index contributed by atoms with van der Waals surface area (Å²) in [6, 6.07) is 3.24. The number of halogens is 1. The van der Waals surface area contributed by atoms with Crippen LogP contribution in [0.5, 0.6) is 5.75 Å². The summed E-state index contributed by atoms with van der Waals surface area (Å²) in [5, 5.41) is 9.09. The van der Waals surface area contributed by atoms with Gasteiger partial charge in [0.15, 0.2) is 17.6 Å². The predicted molar refractivity (Wildman–Crippen MR) is 70.6 cm³/mol.